The van der Waals surface area contributed by atoms with Gasteiger partial charge in [0.1, 0.15) is 0 Å². The minimum Gasteiger partial charge on any atom is -0.297 e. The molecule has 0 atom stereocenters. The van der Waals surface area contributed by atoms with Gasteiger partial charge in [-0.05, 0) is 56.0 Å². The number of rotatable bonds is 4. The van der Waals surface area contributed by atoms with Crippen molar-refractivity contribution in [1.29, 1.82) is 0 Å². The van der Waals surface area contributed by atoms with Crippen LogP contribution >= 0.6 is 12.2 Å². The monoisotopic (exact) mass is 329 g/mol. The van der Waals surface area contributed by atoms with Crippen LogP contribution in [-0.4, -0.2) is 37.3 Å². The molecule has 122 valence electrons. The highest BCUT2D eigenvalue weighted by molar-refractivity contribution is 7.71. The summed E-state index contributed by atoms with van der Waals surface area (Å²) in [7, 11) is 0. The molecule has 0 radical (unpaired) electrons. The Hall–Kier alpha value is -1.53. The minimum atomic E-state index is 0.521. The molecule has 0 bridgehead atoms. The van der Waals surface area contributed by atoms with Gasteiger partial charge in [-0.1, -0.05) is 6.92 Å². The molecule has 6 heteroatoms. The Balaban J connectivity index is 1.64. The van der Waals surface area contributed by atoms with Crippen molar-refractivity contribution >= 4 is 12.2 Å². The number of nitrogens with zero attached hydrogens (tertiary/aromatic N) is 5. The molecule has 4 rings (SSSR count). The van der Waals surface area contributed by atoms with Crippen molar-refractivity contribution in [2.45, 2.75) is 45.3 Å². The van der Waals surface area contributed by atoms with Gasteiger partial charge in [0, 0.05) is 37.1 Å². The zero-order valence-corrected chi connectivity index (χ0v) is 14.4. The van der Waals surface area contributed by atoms with E-state index in [1.807, 2.05) is 16.9 Å². The molecule has 1 aliphatic heterocycles. The summed E-state index contributed by atoms with van der Waals surface area (Å²) in [4.78, 5) is 6.70. The lowest BCUT2D eigenvalue weighted by Gasteiger charge is -2.29. The molecule has 23 heavy (non-hydrogen) atoms. The molecule has 0 amide bonds. The van der Waals surface area contributed by atoms with Gasteiger partial charge in [-0.25, -0.2) is 4.68 Å². The predicted octanol–water partition coefficient (Wildman–Crippen LogP) is 3.50. The zero-order valence-electron chi connectivity index (χ0n) is 13.6. The Bertz CT molecular complexity index is 723. The molecule has 1 saturated heterocycles. The molecule has 2 aromatic rings. The Morgan fingerprint density at radius 3 is 2.65 bits per heavy atom. The molecule has 1 saturated carbocycles. The van der Waals surface area contributed by atoms with Crippen molar-refractivity contribution < 1.29 is 0 Å². The molecular weight excluding hydrogens is 306 g/mol. The number of hydrogen-bond donors (Lipinski definition) is 0. The maximum atomic E-state index is 5.74. The molecule has 0 spiro atoms. The number of piperidine rings is 1. The van der Waals surface area contributed by atoms with Crippen LogP contribution in [0.2, 0.25) is 0 Å². The second-order valence-electron chi connectivity index (χ2n) is 6.89. The van der Waals surface area contributed by atoms with Gasteiger partial charge in [-0.2, -0.15) is 5.10 Å². The van der Waals surface area contributed by atoms with E-state index in [0.29, 0.717) is 6.04 Å². The van der Waals surface area contributed by atoms with Gasteiger partial charge in [-0.3, -0.25) is 14.5 Å². The fourth-order valence-corrected chi connectivity index (χ4v) is 3.59. The van der Waals surface area contributed by atoms with Crippen LogP contribution in [0.5, 0.6) is 0 Å². The zero-order chi connectivity index (χ0) is 15.8. The van der Waals surface area contributed by atoms with E-state index in [9.17, 15) is 0 Å². The van der Waals surface area contributed by atoms with Crippen LogP contribution in [0.3, 0.4) is 0 Å². The lowest BCUT2D eigenvalue weighted by atomic mass is 10.00. The molecule has 0 aromatic carbocycles. The first-order chi connectivity index (χ1) is 11.2. The van der Waals surface area contributed by atoms with E-state index in [-0.39, 0.29) is 0 Å². The quantitative estimate of drug-likeness (QED) is 0.805. The van der Waals surface area contributed by atoms with Gasteiger partial charge in [0.25, 0.3) is 0 Å². The van der Waals surface area contributed by atoms with Crippen LogP contribution in [0, 0.1) is 10.7 Å². The third-order valence-electron chi connectivity index (χ3n) is 4.91. The van der Waals surface area contributed by atoms with Crippen molar-refractivity contribution in [2.75, 3.05) is 13.1 Å². The first-order valence-electron chi connectivity index (χ1n) is 8.54. The molecule has 0 unspecified atom stereocenters. The number of hydrogen-bond acceptors (Lipinski definition) is 4. The van der Waals surface area contributed by atoms with Gasteiger partial charge in [0.2, 0.25) is 0 Å². The van der Waals surface area contributed by atoms with Crippen LogP contribution < -0.4 is 0 Å². The third kappa shape index (κ3) is 3.10. The Morgan fingerprint density at radius 2 is 2.00 bits per heavy atom. The van der Waals surface area contributed by atoms with E-state index >= 15 is 0 Å². The van der Waals surface area contributed by atoms with Crippen molar-refractivity contribution in [1.82, 2.24) is 24.2 Å². The molecule has 5 nitrogen and oxygen atoms in total. The van der Waals surface area contributed by atoms with Crippen LogP contribution in [0.4, 0.5) is 0 Å². The minimum absolute atomic E-state index is 0.521. The molecular formula is C17H23N5S. The summed E-state index contributed by atoms with van der Waals surface area (Å²) in [5.41, 5.74) is 1.05. The van der Waals surface area contributed by atoms with E-state index in [2.05, 4.69) is 27.4 Å². The smallest absolute Gasteiger partial charge is 0.199 e. The molecule has 2 aromatic heterocycles. The van der Waals surface area contributed by atoms with E-state index in [4.69, 9.17) is 17.3 Å². The first-order valence-corrected chi connectivity index (χ1v) is 8.95. The van der Waals surface area contributed by atoms with Crippen LogP contribution in [0.15, 0.2) is 24.5 Å². The highest BCUT2D eigenvalue weighted by Gasteiger charge is 2.29. The second kappa shape index (κ2) is 6.17. The molecule has 3 heterocycles. The summed E-state index contributed by atoms with van der Waals surface area (Å²) < 4.78 is 5.09. The normalized spacial score (nSPS) is 20.0. The van der Waals surface area contributed by atoms with Gasteiger partial charge in [0.05, 0.1) is 6.67 Å². The maximum absolute atomic E-state index is 5.74. The van der Waals surface area contributed by atoms with Gasteiger partial charge >= 0.3 is 0 Å². The fraction of sp³-hybridized carbons (Fsp3) is 0.588. The highest BCUT2D eigenvalue weighted by atomic mass is 32.1. The average Bonchev–Trinajstić information content (AvgIpc) is 3.36. The van der Waals surface area contributed by atoms with Crippen molar-refractivity contribution in [3.63, 3.8) is 0 Å². The van der Waals surface area contributed by atoms with Gasteiger partial charge in [-0.15, -0.1) is 0 Å². The van der Waals surface area contributed by atoms with E-state index in [0.717, 1.165) is 41.8 Å². The Kier molecular flexibility index (Phi) is 4.03. The van der Waals surface area contributed by atoms with Crippen molar-refractivity contribution in [2.24, 2.45) is 5.92 Å². The number of aromatic nitrogens is 4. The first kappa shape index (κ1) is 15.0. The summed E-state index contributed by atoms with van der Waals surface area (Å²) in [5, 5.41) is 4.85. The SMILES string of the molecule is CC1CCN(Cn2nc(-c3cccnc3)n(C3CC3)c2=S)CC1. The number of pyridine rings is 1. The standard InChI is InChI=1S/C17H23N5S/c1-13-6-9-20(10-7-13)12-21-17(23)22(15-4-5-15)16(19-21)14-3-2-8-18-11-14/h2-3,8,11,13,15H,4-7,9-10,12H2,1H3. The van der Waals surface area contributed by atoms with Gasteiger partial charge in [0.15, 0.2) is 10.6 Å². The van der Waals surface area contributed by atoms with Crippen LogP contribution in [-0.2, 0) is 6.67 Å². The van der Waals surface area contributed by atoms with Gasteiger partial charge < -0.3 is 0 Å². The summed E-state index contributed by atoms with van der Waals surface area (Å²) in [6, 6.07) is 4.55. The summed E-state index contributed by atoms with van der Waals surface area (Å²) in [5.74, 6) is 1.81. The lowest BCUT2D eigenvalue weighted by Crippen LogP contribution is -2.34. The third-order valence-corrected chi connectivity index (χ3v) is 5.32. The molecule has 2 fully saturated rings. The highest BCUT2D eigenvalue weighted by Crippen LogP contribution is 2.38. The largest absolute Gasteiger partial charge is 0.297 e. The average molecular weight is 329 g/mol. The predicted molar refractivity (Wildman–Crippen MR) is 92.5 cm³/mol. The Labute approximate surface area is 142 Å². The molecule has 1 aliphatic carbocycles. The van der Waals surface area contributed by atoms with Crippen molar-refractivity contribution in [3.05, 3.63) is 29.3 Å². The topological polar surface area (TPSA) is 38.9 Å². The van der Waals surface area contributed by atoms with Crippen molar-refractivity contribution in [3.8, 4) is 11.4 Å². The van der Waals surface area contributed by atoms with Crippen LogP contribution in [0.25, 0.3) is 11.4 Å². The summed E-state index contributed by atoms with van der Waals surface area (Å²) in [6.07, 6.45) is 8.62. The van der Waals surface area contributed by atoms with E-state index < -0.39 is 0 Å². The van der Waals surface area contributed by atoms with E-state index in [1.54, 1.807) is 6.20 Å². The molecule has 2 aliphatic rings. The van der Waals surface area contributed by atoms with E-state index in [1.165, 1.54) is 25.7 Å². The second-order valence-corrected chi connectivity index (χ2v) is 7.26. The molecule has 0 N–H and O–H groups in total. The summed E-state index contributed by atoms with van der Waals surface area (Å²) in [6.45, 7) is 5.42. The fourth-order valence-electron chi connectivity index (χ4n) is 3.26. The number of likely N-dealkylation sites (tertiary alicyclic amines) is 1. The lowest BCUT2D eigenvalue weighted by molar-refractivity contribution is 0.146. The summed E-state index contributed by atoms with van der Waals surface area (Å²) >= 11 is 5.74. The maximum Gasteiger partial charge on any atom is 0.199 e. The van der Waals surface area contributed by atoms with Crippen LogP contribution in [0.1, 0.15) is 38.6 Å². The Morgan fingerprint density at radius 1 is 1.22 bits per heavy atom.